The lowest BCUT2D eigenvalue weighted by atomic mass is 10.1. The van der Waals surface area contributed by atoms with Gasteiger partial charge >= 0.3 is 5.97 Å². The van der Waals surface area contributed by atoms with Crippen LogP contribution in [-0.4, -0.2) is 30.5 Å². The SMILES string of the molecule is COc1cc(C(=O)OCC(=O)Nc2ccc([N+](=O)[O-])cc2Cl)ccc1C. The van der Waals surface area contributed by atoms with Crippen LogP contribution >= 0.6 is 11.6 Å². The van der Waals surface area contributed by atoms with Gasteiger partial charge < -0.3 is 14.8 Å². The summed E-state index contributed by atoms with van der Waals surface area (Å²) in [5.74, 6) is -0.789. The van der Waals surface area contributed by atoms with E-state index in [0.717, 1.165) is 11.6 Å². The molecule has 0 heterocycles. The maximum absolute atomic E-state index is 12.0. The number of nitrogens with one attached hydrogen (secondary N) is 1. The molecule has 1 amide bonds. The summed E-state index contributed by atoms with van der Waals surface area (Å²) >= 11 is 5.88. The number of hydrogen-bond donors (Lipinski definition) is 1. The van der Waals surface area contributed by atoms with Crippen LogP contribution in [0.25, 0.3) is 0 Å². The van der Waals surface area contributed by atoms with Crippen molar-refractivity contribution in [2.75, 3.05) is 19.0 Å². The average molecular weight is 379 g/mol. The Labute approximate surface area is 153 Å². The minimum Gasteiger partial charge on any atom is -0.496 e. The Morgan fingerprint density at radius 2 is 1.96 bits per heavy atom. The van der Waals surface area contributed by atoms with Gasteiger partial charge in [-0.15, -0.1) is 0 Å². The number of benzene rings is 2. The summed E-state index contributed by atoms with van der Waals surface area (Å²) in [6, 6.07) is 8.39. The van der Waals surface area contributed by atoms with Gasteiger partial charge in [0.2, 0.25) is 0 Å². The molecule has 0 unspecified atom stereocenters. The minimum atomic E-state index is -0.687. The zero-order chi connectivity index (χ0) is 19.3. The highest BCUT2D eigenvalue weighted by atomic mass is 35.5. The first kappa shape index (κ1) is 19.2. The number of esters is 1. The van der Waals surface area contributed by atoms with Crippen LogP contribution in [0.3, 0.4) is 0 Å². The molecule has 0 aliphatic rings. The predicted octanol–water partition coefficient (Wildman–Crippen LogP) is 3.36. The number of methoxy groups -OCH3 is 1. The number of aryl methyl sites for hydroxylation is 1. The van der Waals surface area contributed by atoms with Gasteiger partial charge in [0, 0.05) is 12.1 Å². The topological polar surface area (TPSA) is 108 Å². The van der Waals surface area contributed by atoms with Crippen LogP contribution in [0, 0.1) is 17.0 Å². The second kappa shape index (κ2) is 8.30. The highest BCUT2D eigenvalue weighted by Gasteiger charge is 2.14. The summed E-state index contributed by atoms with van der Waals surface area (Å²) in [6.07, 6.45) is 0. The second-order valence-corrected chi connectivity index (χ2v) is 5.64. The zero-order valence-corrected chi connectivity index (χ0v) is 14.7. The Morgan fingerprint density at radius 3 is 2.58 bits per heavy atom. The average Bonchev–Trinajstić information content (AvgIpc) is 2.61. The Morgan fingerprint density at radius 1 is 1.23 bits per heavy atom. The first-order valence-electron chi connectivity index (χ1n) is 7.37. The van der Waals surface area contributed by atoms with Crippen molar-refractivity contribution in [1.29, 1.82) is 0 Å². The maximum Gasteiger partial charge on any atom is 0.338 e. The molecule has 0 bridgehead atoms. The Hall–Kier alpha value is -3.13. The third kappa shape index (κ3) is 4.70. The second-order valence-electron chi connectivity index (χ2n) is 5.23. The lowest BCUT2D eigenvalue weighted by molar-refractivity contribution is -0.384. The van der Waals surface area contributed by atoms with Crippen molar-refractivity contribution >= 4 is 34.9 Å². The van der Waals surface area contributed by atoms with E-state index in [2.05, 4.69) is 5.32 Å². The van der Waals surface area contributed by atoms with E-state index in [1.165, 1.54) is 25.3 Å². The molecule has 0 saturated carbocycles. The molecule has 26 heavy (non-hydrogen) atoms. The number of nitro benzene ring substituents is 1. The molecule has 0 aromatic heterocycles. The molecule has 136 valence electrons. The lowest BCUT2D eigenvalue weighted by Gasteiger charge is -2.09. The van der Waals surface area contributed by atoms with E-state index in [0.29, 0.717) is 5.75 Å². The van der Waals surface area contributed by atoms with Crippen LogP contribution in [0.5, 0.6) is 5.75 Å². The van der Waals surface area contributed by atoms with Crippen molar-refractivity contribution in [3.63, 3.8) is 0 Å². The number of amides is 1. The number of rotatable bonds is 6. The molecular formula is C17H15ClN2O6. The normalized spacial score (nSPS) is 10.1. The summed E-state index contributed by atoms with van der Waals surface area (Å²) < 4.78 is 10.1. The van der Waals surface area contributed by atoms with Gasteiger partial charge in [-0.1, -0.05) is 17.7 Å². The van der Waals surface area contributed by atoms with Crippen LogP contribution in [0.1, 0.15) is 15.9 Å². The molecule has 0 atom stereocenters. The summed E-state index contributed by atoms with van der Waals surface area (Å²) in [5, 5.41) is 13.1. The van der Waals surface area contributed by atoms with Gasteiger partial charge in [-0.2, -0.15) is 0 Å². The van der Waals surface area contributed by atoms with Gasteiger partial charge in [0.05, 0.1) is 28.3 Å². The van der Waals surface area contributed by atoms with E-state index in [4.69, 9.17) is 21.1 Å². The first-order chi connectivity index (χ1) is 12.3. The largest absolute Gasteiger partial charge is 0.496 e. The fourth-order valence-corrected chi connectivity index (χ4v) is 2.29. The minimum absolute atomic E-state index is 0.00199. The maximum atomic E-state index is 12.0. The molecule has 0 radical (unpaired) electrons. The van der Waals surface area contributed by atoms with Crippen molar-refractivity contribution < 1.29 is 24.0 Å². The summed E-state index contributed by atoms with van der Waals surface area (Å²) in [4.78, 5) is 34.0. The fourth-order valence-electron chi connectivity index (χ4n) is 2.07. The number of hydrogen-bond acceptors (Lipinski definition) is 6. The van der Waals surface area contributed by atoms with E-state index in [1.807, 2.05) is 6.92 Å². The molecule has 2 aromatic rings. The van der Waals surface area contributed by atoms with Gasteiger partial charge in [0.1, 0.15) is 5.75 Å². The fraction of sp³-hybridized carbons (Fsp3) is 0.176. The monoisotopic (exact) mass is 378 g/mol. The Kier molecular flexibility index (Phi) is 6.13. The number of nitrogens with zero attached hydrogens (tertiary/aromatic N) is 1. The van der Waals surface area contributed by atoms with Crippen LogP contribution in [-0.2, 0) is 9.53 Å². The van der Waals surface area contributed by atoms with Gasteiger partial charge in [0.25, 0.3) is 11.6 Å². The van der Waals surface area contributed by atoms with Gasteiger partial charge in [0.15, 0.2) is 6.61 Å². The van der Waals surface area contributed by atoms with Gasteiger partial charge in [-0.25, -0.2) is 4.79 Å². The van der Waals surface area contributed by atoms with Crippen molar-refractivity contribution in [3.8, 4) is 5.75 Å². The Bertz CT molecular complexity index is 868. The number of carbonyl (C=O) groups is 2. The molecule has 9 heteroatoms. The lowest BCUT2D eigenvalue weighted by Crippen LogP contribution is -2.21. The molecule has 2 rings (SSSR count). The van der Waals surface area contributed by atoms with E-state index >= 15 is 0 Å². The molecule has 0 fully saturated rings. The molecule has 0 spiro atoms. The number of nitro groups is 1. The summed E-state index contributed by atoms with van der Waals surface area (Å²) in [6.45, 7) is 1.29. The van der Waals surface area contributed by atoms with Gasteiger partial charge in [-0.05, 0) is 30.7 Å². The summed E-state index contributed by atoms with van der Waals surface area (Å²) in [5.41, 5.74) is 1.08. The summed E-state index contributed by atoms with van der Waals surface area (Å²) in [7, 11) is 1.48. The van der Waals surface area contributed by atoms with E-state index < -0.39 is 23.4 Å². The van der Waals surface area contributed by atoms with Crippen LogP contribution in [0.2, 0.25) is 5.02 Å². The highest BCUT2D eigenvalue weighted by Crippen LogP contribution is 2.26. The molecule has 0 saturated heterocycles. The van der Waals surface area contributed by atoms with Crippen molar-refractivity contribution in [3.05, 3.63) is 62.7 Å². The standard InChI is InChI=1S/C17H15ClN2O6/c1-10-3-4-11(7-15(10)25-2)17(22)26-9-16(21)19-14-6-5-12(20(23)24)8-13(14)18/h3-8H,9H2,1-2H3,(H,19,21). The van der Waals surface area contributed by atoms with Crippen LogP contribution < -0.4 is 10.1 Å². The Balaban J connectivity index is 1.96. The molecular weight excluding hydrogens is 364 g/mol. The number of non-ortho nitro benzene ring substituents is 1. The molecule has 0 aliphatic carbocycles. The van der Waals surface area contributed by atoms with Crippen LogP contribution in [0.15, 0.2) is 36.4 Å². The van der Waals surface area contributed by atoms with E-state index in [9.17, 15) is 19.7 Å². The quantitative estimate of drug-likeness (QED) is 0.469. The van der Waals surface area contributed by atoms with Crippen molar-refractivity contribution in [2.24, 2.45) is 0 Å². The predicted molar refractivity (Wildman–Crippen MR) is 94.7 cm³/mol. The van der Waals surface area contributed by atoms with Crippen molar-refractivity contribution in [1.82, 2.24) is 0 Å². The number of carbonyl (C=O) groups excluding carboxylic acids is 2. The van der Waals surface area contributed by atoms with E-state index in [1.54, 1.807) is 12.1 Å². The highest BCUT2D eigenvalue weighted by molar-refractivity contribution is 6.34. The molecule has 0 aliphatic heterocycles. The number of anilines is 1. The van der Waals surface area contributed by atoms with Crippen LogP contribution in [0.4, 0.5) is 11.4 Å². The number of halogens is 1. The smallest absolute Gasteiger partial charge is 0.338 e. The molecule has 1 N–H and O–H groups in total. The van der Waals surface area contributed by atoms with Gasteiger partial charge in [-0.3, -0.25) is 14.9 Å². The first-order valence-corrected chi connectivity index (χ1v) is 7.75. The van der Waals surface area contributed by atoms with Crippen molar-refractivity contribution in [2.45, 2.75) is 6.92 Å². The van der Waals surface area contributed by atoms with E-state index in [-0.39, 0.29) is 22.0 Å². The molecule has 2 aromatic carbocycles. The zero-order valence-electron chi connectivity index (χ0n) is 13.9. The molecule has 8 nitrogen and oxygen atoms in total. The third-order valence-corrected chi connectivity index (χ3v) is 3.73. The third-order valence-electron chi connectivity index (χ3n) is 3.42. The number of ether oxygens (including phenoxy) is 2.